The average Bonchev–Trinajstić information content (AvgIpc) is 2.15. The van der Waals surface area contributed by atoms with E-state index in [-0.39, 0.29) is 11.2 Å². The molecule has 0 N–H and O–H groups in total. The van der Waals surface area contributed by atoms with Gasteiger partial charge in [-0.3, -0.25) is 4.79 Å². The second kappa shape index (κ2) is 3.37. The molecule has 2 nitrogen and oxygen atoms in total. The molecule has 0 unspecified atom stereocenters. The van der Waals surface area contributed by atoms with Crippen molar-refractivity contribution >= 4 is 5.78 Å². The Bertz CT molecular complexity index is 405. The lowest BCUT2D eigenvalue weighted by Crippen LogP contribution is -2.27. The summed E-state index contributed by atoms with van der Waals surface area (Å²) < 4.78 is 5.30. The van der Waals surface area contributed by atoms with Crippen molar-refractivity contribution in [2.45, 2.75) is 26.7 Å². The molecule has 15 heavy (non-hydrogen) atoms. The number of ether oxygens (including phenoxy) is 1. The molecule has 2 rings (SSSR count). The molecule has 0 radical (unpaired) electrons. The van der Waals surface area contributed by atoms with E-state index >= 15 is 0 Å². The van der Waals surface area contributed by atoms with E-state index in [1.165, 1.54) is 0 Å². The van der Waals surface area contributed by atoms with Crippen LogP contribution in [0.2, 0.25) is 0 Å². The molecule has 1 aliphatic rings. The van der Waals surface area contributed by atoms with Crippen LogP contribution in [0.5, 0.6) is 5.75 Å². The second-order valence-electron chi connectivity index (χ2n) is 4.93. The molecule has 0 aliphatic heterocycles. The maximum Gasteiger partial charge on any atom is 0.163 e. The van der Waals surface area contributed by atoms with Crippen LogP contribution in [0.15, 0.2) is 18.2 Å². The molecule has 0 saturated carbocycles. The number of rotatable bonds is 1. The molecule has 0 aromatic heterocycles. The molecule has 80 valence electrons. The summed E-state index contributed by atoms with van der Waals surface area (Å²) in [4.78, 5) is 11.9. The molecule has 0 amide bonds. The number of hydrogen-bond acceptors (Lipinski definition) is 2. The van der Waals surface area contributed by atoms with Gasteiger partial charge in [-0.15, -0.1) is 0 Å². The van der Waals surface area contributed by atoms with Crippen LogP contribution in [0.4, 0.5) is 0 Å². The van der Waals surface area contributed by atoms with Crippen LogP contribution in [0.3, 0.4) is 0 Å². The molecule has 1 aromatic rings. The van der Waals surface area contributed by atoms with Crippen molar-refractivity contribution in [3.8, 4) is 5.75 Å². The highest BCUT2D eigenvalue weighted by Crippen LogP contribution is 2.38. The third-order valence-corrected chi connectivity index (χ3v) is 2.95. The van der Waals surface area contributed by atoms with Crippen LogP contribution in [-0.2, 0) is 6.42 Å². The van der Waals surface area contributed by atoms with Gasteiger partial charge in [-0.1, -0.05) is 26.0 Å². The van der Waals surface area contributed by atoms with Gasteiger partial charge >= 0.3 is 0 Å². The highest BCUT2D eigenvalue weighted by Gasteiger charge is 2.32. The Morgan fingerprint density at radius 2 is 2.00 bits per heavy atom. The van der Waals surface area contributed by atoms with E-state index in [9.17, 15) is 4.79 Å². The minimum Gasteiger partial charge on any atom is -0.496 e. The smallest absolute Gasteiger partial charge is 0.163 e. The number of hydrogen-bond donors (Lipinski definition) is 0. The van der Waals surface area contributed by atoms with Crippen molar-refractivity contribution in [2.24, 2.45) is 5.41 Å². The Hall–Kier alpha value is -1.31. The summed E-state index contributed by atoms with van der Waals surface area (Å²) in [5.74, 6) is 1.08. The number of Topliss-reactive ketones (excluding diaryl/α,β-unsaturated/α-hetero) is 1. The number of ketones is 1. The Labute approximate surface area is 90.3 Å². The van der Waals surface area contributed by atoms with Crippen LogP contribution < -0.4 is 4.74 Å². The molecule has 0 bridgehead atoms. The molecule has 0 heterocycles. The van der Waals surface area contributed by atoms with E-state index in [1.807, 2.05) is 18.2 Å². The first kappa shape index (κ1) is 10.2. The predicted molar refractivity (Wildman–Crippen MR) is 59.4 cm³/mol. The van der Waals surface area contributed by atoms with Crippen molar-refractivity contribution in [3.05, 3.63) is 29.3 Å². The Kier molecular flexibility index (Phi) is 2.29. The van der Waals surface area contributed by atoms with Crippen LogP contribution in [0.25, 0.3) is 0 Å². The summed E-state index contributed by atoms with van der Waals surface area (Å²) in [6, 6.07) is 5.71. The Morgan fingerprint density at radius 1 is 1.27 bits per heavy atom. The lowest BCUT2D eigenvalue weighted by Gasteiger charge is -2.31. The van der Waals surface area contributed by atoms with Crippen molar-refractivity contribution < 1.29 is 9.53 Å². The SMILES string of the molecule is COc1cccc2c1CC(C)(C)CC2=O. The van der Waals surface area contributed by atoms with Crippen LogP contribution in [0.1, 0.15) is 36.2 Å². The van der Waals surface area contributed by atoms with Crippen molar-refractivity contribution in [2.75, 3.05) is 7.11 Å². The lowest BCUT2D eigenvalue weighted by atomic mass is 9.73. The van der Waals surface area contributed by atoms with E-state index in [0.29, 0.717) is 6.42 Å². The minimum absolute atomic E-state index is 0.0543. The zero-order chi connectivity index (χ0) is 11.1. The van der Waals surface area contributed by atoms with Crippen molar-refractivity contribution in [1.82, 2.24) is 0 Å². The van der Waals surface area contributed by atoms with Gasteiger partial charge in [-0.25, -0.2) is 0 Å². The number of methoxy groups -OCH3 is 1. The molecule has 0 spiro atoms. The van der Waals surface area contributed by atoms with Gasteiger partial charge < -0.3 is 4.74 Å². The average molecular weight is 204 g/mol. The van der Waals surface area contributed by atoms with Gasteiger partial charge in [0.25, 0.3) is 0 Å². The number of benzene rings is 1. The first-order valence-electron chi connectivity index (χ1n) is 5.22. The highest BCUT2D eigenvalue weighted by atomic mass is 16.5. The fraction of sp³-hybridized carbons (Fsp3) is 0.462. The van der Waals surface area contributed by atoms with Gasteiger partial charge in [-0.2, -0.15) is 0 Å². The standard InChI is InChI=1S/C13H16O2/c1-13(2)7-10-9(11(14)8-13)5-4-6-12(10)15-3/h4-6H,7-8H2,1-3H3. The topological polar surface area (TPSA) is 26.3 Å². The van der Waals surface area contributed by atoms with E-state index < -0.39 is 0 Å². The van der Waals surface area contributed by atoms with Gasteiger partial charge in [-0.05, 0) is 17.9 Å². The van der Waals surface area contributed by atoms with E-state index in [0.717, 1.165) is 23.3 Å². The highest BCUT2D eigenvalue weighted by molar-refractivity contribution is 5.99. The van der Waals surface area contributed by atoms with Crippen molar-refractivity contribution in [1.29, 1.82) is 0 Å². The predicted octanol–water partition coefficient (Wildman–Crippen LogP) is 2.85. The second-order valence-corrected chi connectivity index (χ2v) is 4.93. The maximum atomic E-state index is 11.9. The summed E-state index contributed by atoms with van der Waals surface area (Å²) in [5, 5.41) is 0. The molecule has 1 aliphatic carbocycles. The molecular formula is C13H16O2. The lowest BCUT2D eigenvalue weighted by molar-refractivity contribution is 0.0910. The quantitative estimate of drug-likeness (QED) is 0.703. The third kappa shape index (κ3) is 1.76. The van der Waals surface area contributed by atoms with Gasteiger partial charge in [0.2, 0.25) is 0 Å². The summed E-state index contributed by atoms with van der Waals surface area (Å²) in [6.45, 7) is 4.25. The molecule has 0 fully saturated rings. The fourth-order valence-corrected chi connectivity index (χ4v) is 2.27. The molecule has 2 heteroatoms. The summed E-state index contributed by atoms with van der Waals surface area (Å²) in [7, 11) is 1.65. The summed E-state index contributed by atoms with van der Waals surface area (Å²) >= 11 is 0. The first-order chi connectivity index (χ1) is 7.03. The third-order valence-electron chi connectivity index (χ3n) is 2.95. The van der Waals surface area contributed by atoms with E-state index in [2.05, 4.69) is 13.8 Å². The van der Waals surface area contributed by atoms with Gasteiger partial charge in [0, 0.05) is 17.5 Å². The van der Waals surface area contributed by atoms with Crippen molar-refractivity contribution in [3.63, 3.8) is 0 Å². The van der Waals surface area contributed by atoms with Gasteiger partial charge in [0.1, 0.15) is 5.75 Å². The largest absolute Gasteiger partial charge is 0.496 e. The minimum atomic E-state index is 0.0543. The fourth-order valence-electron chi connectivity index (χ4n) is 2.27. The molecule has 0 saturated heterocycles. The van der Waals surface area contributed by atoms with E-state index in [1.54, 1.807) is 7.11 Å². The summed E-state index contributed by atoms with van der Waals surface area (Å²) in [6.07, 6.45) is 1.55. The molecule has 1 aromatic carbocycles. The van der Waals surface area contributed by atoms with E-state index in [4.69, 9.17) is 4.74 Å². The van der Waals surface area contributed by atoms with Gasteiger partial charge in [0.15, 0.2) is 5.78 Å². The first-order valence-corrected chi connectivity index (χ1v) is 5.22. The molecule has 0 atom stereocenters. The molecular weight excluding hydrogens is 188 g/mol. The number of fused-ring (bicyclic) bond motifs is 1. The zero-order valence-electron chi connectivity index (χ0n) is 9.46. The number of carbonyl (C=O) groups is 1. The normalized spacial score (nSPS) is 18.5. The maximum absolute atomic E-state index is 11.9. The summed E-state index contributed by atoms with van der Waals surface area (Å²) in [5.41, 5.74) is 1.97. The van der Waals surface area contributed by atoms with Gasteiger partial charge in [0.05, 0.1) is 7.11 Å². The Morgan fingerprint density at radius 3 is 2.67 bits per heavy atom. The van der Waals surface area contributed by atoms with Crippen LogP contribution in [-0.4, -0.2) is 12.9 Å². The number of carbonyl (C=O) groups excluding carboxylic acids is 1. The zero-order valence-corrected chi connectivity index (χ0v) is 9.46. The van der Waals surface area contributed by atoms with Crippen LogP contribution in [0, 0.1) is 5.41 Å². The van der Waals surface area contributed by atoms with Crippen LogP contribution >= 0.6 is 0 Å². The monoisotopic (exact) mass is 204 g/mol. The Balaban J connectivity index is 2.55.